The van der Waals surface area contributed by atoms with E-state index in [2.05, 4.69) is 26.5 Å². The van der Waals surface area contributed by atoms with Crippen molar-refractivity contribution >= 4 is 44.9 Å². The van der Waals surface area contributed by atoms with Crippen molar-refractivity contribution in [1.29, 1.82) is 0 Å². The SMILES string of the molecule is O=C(COc1cccc(Br)c1)N/N=C/c1cn(Cc2ccc(C(=O)O)o2)c2ccccc12. The van der Waals surface area contributed by atoms with Crippen LogP contribution in [0.15, 0.2) is 80.9 Å². The molecule has 0 aliphatic carbocycles. The van der Waals surface area contributed by atoms with Crippen LogP contribution in [-0.2, 0) is 11.3 Å². The smallest absolute Gasteiger partial charge is 0.371 e. The van der Waals surface area contributed by atoms with Crippen molar-refractivity contribution < 1.29 is 23.8 Å². The monoisotopic (exact) mass is 495 g/mol. The molecule has 4 rings (SSSR count). The average Bonchev–Trinajstić information content (AvgIpc) is 3.38. The van der Waals surface area contributed by atoms with Crippen LogP contribution in [0.5, 0.6) is 5.75 Å². The maximum atomic E-state index is 12.0. The van der Waals surface area contributed by atoms with Gasteiger partial charge in [-0.05, 0) is 36.4 Å². The summed E-state index contributed by atoms with van der Waals surface area (Å²) in [4.78, 5) is 23.1. The predicted octanol–water partition coefficient (Wildman–Crippen LogP) is 4.27. The number of rotatable bonds is 8. The fraction of sp³-hybridized carbons (Fsp3) is 0.0870. The second kappa shape index (κ2) is 9.52. The summed E-state index contributed by atoms with van der Waals surface area (Å²) < 4.78 is 13.6. The van der Waals surface area contributed by atoms with Crippen LogP contribution in [0.4, 0.5) is 0 Å². The van der Waals surface area contributed by atoms with E-state index in [-0.39, 0.29) is 18.3 Å². The van der Waals surface area contributed by atoms with Gasteiger partial charge in [0.25, 0.3) is 5.91 Å². The number of halogens is 1. The maximum absolute atomic E-state index is 12.0. The van der Waals surface area contributed by atoms with Crippen molar-refractivity contribution in [1.82, 2.24) is 9.99 Å². The first-order chi connectivity index (χ1) is 15.5. The molecular formula is C23H18BrN3O5. The Labute approximate surface area is 191 Å². The number of ether oxygens (including phenoxy) is 1. The fourth-order valence-corrected chi connectivity index (χ4v) is 3.54. The lowest BCUT2D eigenvalue weighted by Crippen LogP contribution is -2.24. The van der Waals surface area contributed by atoms with Gasteiger partial charge in [-0.2, -0.15) is 5.10 Å². The Kier molecular flexibility index (Phi) is 6.37. The maximum Gasteiger partial charge on any atom is 0.371 e. The number of nitrogens with one attached hydrogen (secondary N) is 1. The summed E-state index contributed by atoms with van der Waals surface area (Å²) in [5.74, 6) is -0.510. The third kappa shape index (κ3) is 5.06. The van der Waals surface area contributed by atoms with Crippen molar-refractivity contribution in [3.8, 4) is 5.75 Å². The molecule has 32 heavy (non-hydrogen) atoms. The van der Waals surface area contributed by atoms with Gasteiger partial charge >= 0.3 is 5.97 Å². The number of aromatic nitrogens is 1. The molecule has 162 valence electrons. The Bertz CT molecular complexity index is 1310. The number of hydrogen-bond acceptors (Lipinski definition) is 5. The van der Waals surface area contributed by atoms with E-state index in [1.54, 1.807) is 24.4 Å². The van der Waals surface area contributed by atoms with Gasteiger partial charge in [-0.3, -0.25) is 4.79 Å². The summed E-state index contributed by atoms with van der Waals surface area (Å²) in [5.41, 5.74) is 4.17. The van der Waals surface area contributed by atoms with Crippen molar-refractivity contribution in [3.05, 3.63) is 88.4 Å². The van der Waals surface area contributed by atoms with E-state index in [1.807, 2.05) is 47.2 Å². The van der Waals surface area contributed by atoms with Gasteiger partial charge in [0.1, 0.15) is 11.5 Å². The van der Waals surface area contributed by atoms with Crippen molar-refractivity contribution in [2.24, 2.45) is 5.10 Å². The van der Waals surface area contributed by atoms with Crippen LogP contribution in [0.3, 0.4) is 0 Å². The molecule has 0 saturated carbocycles. The molecule has 0 aliphatic heterocycles. The van der Waals surface area contributed by atoms with Crippen LogP contribution in [0, 0.1) is 0 Å². The third-order valence-corrected chi connectivity index (χ3v) is 5.07. The molecule has 0 fully saturated rings. The van der Waals surface area contributed by atoms with E-state index in [1.165, 1.54) is 6.07 Å². The van der Waals surface area contributed by atoms with E-state index in [0.29, 0.717) is 18.1 Å². The molecule has 2 aromatic heterocycles. The van der Waals surface area contributed by atoms with E-state index >= 15 is 0 Å². The molecule has 9 heteroatoms. The summed E-state index contributed by atoms with van der Waals surface area (Å²) >= 11 is 3.35. The van der Waals surface area contributed by atoms with E-state index in [4.69, 9.17) is 14.3 Å². The highest BCUT2D eigenvalue weighted by atomic mass is 79.9. The van der Waals surface area contributed by atoms with E-state index < -0.39 is 5.97 Å². The van der Waals surface area contributed by atoms with E-state index in [0.717, 1.165) is 20.9 Å². The molecule has 1 amide bonds. The highest BCUT2D eigenvalue weighted by Gasteiger charge is 2.12. The van der Waals surface area contributed by atoms with E-state index in [9.17, 15) is 9.59 Å². The first kappa shape index (κ1) is 21.4. The van der Waals surface area contributed by atoms with Gasteiger partial charge in [0.15, 0.2) is 6.61 Å². The molecule has 0 bridgehead atoms. The van der Waals surface area contributed by atoms with Gasteiger partial charge in [-0.1, -0.05) is 40.2 Å². The Hall–Kier alpha value is -3.85. The van der Waals surface area contributed by atoms with Crippen LogP contribution in [0.25, 0.3) is 10.9 Å². The molecule has 0 spiro atoms. The molecule has 8 nitrogen and oxygen atoms in total. The highest BCUT2D eigenvalue weighted by molar-refractivity contribution is 9.10. The minimum atomic E-state index is -1.11. The van der Waals surface area contributed by atoms with Crippen LogP contribution in [-0.4, -0.2) is 34.4 Å². The molecule has 2 heterocycles. The van der Waals surface area contributed by atoms with Gasteiger partial charge in [-0.15, -0.1) is 0 Å². The zero-order chi connectivity index (χ0) is 22.5. The number of nitrogens with zero attached hydrogens (tertiary/aromatic N) is 2. The standard InChI is InChI=1S/C23H18BrN3O5/c24-16-4-3-5-17(10-16)31-14-22(28)26-25-11-15-12-27(20-7-2-1-6-19(15)20)13-18-8-9-21(32-18)23(29)30/h1-12H,13-14H2,(H,26,28)(H,29,30)/b25-11+. The van der Waals surface area contributed by atoms with Crippen LogP contribution in [0.1, 0.15) is 21.9 Å². The number of aromatic carboxylic acids is 1. The zero-order valence-electron chi connectivity index (χ0n) is 16.7. The number of carbonyl (C=O) groups excluding carboxylic acids is 1. The summed E-state index contributed by atoms with van der Waals surface area (Å²) in [7, 11) is 0. The number of amides is 1. The highest BCUT2D eigenvalue weighted by Crippen LogP contribution is 2.22. The lowest BCUT2D eigenvalue weighted by molar-refractivity contribution is -0.123. The summed E-state index contributed by atoms with van der Waals surface area (Å²) in [6.45, 7) is 0.189. The zero-order valence-corrected chi connectivity index (χ0v) is 18.3. The largest absolute Gasteiger partial charge is 0.484 e. The molecule has 2 aromatic carbocycles. The number of benzene rings is 2. The summed E-state index contributed by atoms with van der Waals surface area (Å²) in [6, 6.07) is 18.0. The molecular weight excluding hydrogens is 478 g/mol. The number of para-hydroxylation sites is 1. The van der Waals surface area contributed by atoms with Crippen LogP contribution < -0.4 is 10.2 Å². The number of carboxylic acids is 1. The topological polar surface area (TPSA) is 106 Å². The van der Waals surface area contributed by atoms with Crippen LogP contribution >= 0.6 is 15.9 Å². The Morgan fingerprint density at radius 3 is 2.78 bits per heavy atom. The quantitative estimate of drug-likeness (QED) is 0.280. The number of hydrogen-bond donors (Lipinski definition) is 2. The number of carbonyl (C=O) groups is 2. The fourth-order valence-electron chi connectivity index (χ4n) is 3.17. The molecule has 0 atom stereocenters. The van der Waals surface area contributed by atoms with Crippen molar-refractivity contribution in [2.45, 2.75) is 6.54 Å². The Morgan fingerprint density at radius 1 is 1.16 bits per heavy atom. The first-order valence-electron chi connectivity index (χ1n) is 9.60. The van der Waals surface area contributed by atoms with Gasteiger partial charge < -0.3 is 18.8 Å². The molecule has 0 radical (unpaired) electrons. The second-order valence-electron chi connectivity index (χ2n) is 6.84. The first-order valence-corrected chi connectivity index (χ1v) is 10.4. The summed E-state index contributed by atoms with van der Waals surface area (Å²) in [6.07, 6.45) is 3.42. The van der Waals surface area contributed by atoms with Gasteiger partial charge in [-0.25, -0.2) is 10.2 Å². The molecule has 2 N–H and O–H groups in total. The van der Waals surface area contributed by atoms with Crippen molar-refractivity contribution in [3.63, 3.8) is 0 Å². The normalized spacial score (nSPS) is 11.2. The molecule has 0 unspecified atom stereocenters. The average molecular weight is 496 g/mol. The van der Waals surface area contributed by atoms with Gasteiger partial charge in [0.2, 0.25) is 5.76 Å². The lowest BCUT2D eigenvalue weighted by atomic mass is 10.2. The minimum absolute atomic E-state index is 0.106. The number of fused-ring (bicyclic) bond motifs is 1. The Morgan fingerprint density at radius 2 is 2.00 bits per heavy atom. The molecule has 0 saturated heterocycles. The number of furan rings is 1. The number of hydrazone groups is 1. The minimum Gasteiger partial charge on any atom is -0.484 e. The predicted molar refractivity (Wildman–Crippen MR) is 122 cm³/mol. The molecule has 0 aliphatic rings. The second-order valence-corrected chi connectivity index (χ2v) is 7.76. The summed E-state index contributed by atoms with van der Waals surface area (Å²) in [5, 5.41) is 14.0. The van der Waals surface area contributed by atoms with Crippen molar-refractivity contribution in [2.75, 3.05) is 6.61 Å². The number of carboxylic acid groups (broad SMARTS) is 1. The lowest BCUT2D eigenvalue weighted by Gasteiger charge is -2.04. The van der Waals surface area contributed by atoms with Gasteiger partial charge in [0.05, 0.1) is 12.8 Å². The third-order valence-electron chi connectivity index (χ3n) is 4.58. The van der Waals surface area contributed by atoms with Gasteiger partial charge in [0, 0.05) is 27.1 Å². The van der Waals surface area contributed by atoms with Crippen LogP contribution in [0.2, 0.25) is 0 Å². The molecule has 4 aromatic rings. The Balaban J connectivity index is 1.44.